The Bertz CT molecular complexity index is 536. The summed E-state index contributed by atoms with van der Waals surface area (Å²) in [5.74, 6) is 2.26. The number of halogens is 1. The fourth-order valence-corrected chi connectivity index (χ4v) is 1.62. The third kappa shape index (κ3) is 3.78. The molecule has 2 heterocycles. The van der Waals surface area contributed by atoms with Gasteiger partial charge in [0.25, 0.3) is 0 Å². The molecule has 0 fully saturated rings. The average Bonchev–Trinajstić information content (AvgIpc) is 2.76. The number of nitrogens with two attached hydrogens (primary N) is 1. The number of hydrogen-bond donors (Lipinski definition) is 2. The molecule has 0 aliphatic heterocycles. The second-order valence-corrected chi connectivity index (χ2v) is 4.70. The molecule has 0 aliphatic carbocycles. The van der Waals surface area contributed by atoms with E-state index in [9.17, 15) is 0 Å². The minimum absolute atomic E-state index is 0.134. The summed E-state index contributed by atoms with van der Waals surface area (Å²) in [6.45, 7) is 4.61. The molecule has 102 valence electrons. The molecule has 0 atom stereocenters. The Balaban J connectivity index is 1.88. The van der Waals surface area contributed by atoms with E-state index in [1.54, 1.807) is 6.07 Å². The van der Waals surface area contributed by atoms with Gasteiger partial charge in [-0.05, 0) is 0 Å². The number of nitrogens with zero attached hydrogens (tertiary/aromatic N) is 4. The molecule has 19 heavy (non-hydrogen) atoms. The minimum atomic E-state index is 0.134. The molecule has 0 aromatic carbocycles. The summed E-state index contributed by atoms with van der Waals surface area (Å²) in [6, 6.07) is 1.60. The van der Waals surface area contributed by atoms with E-state index in [1.165, 1.54) is 0 Å². The van der Waals surface area contributed by atoms with Gasteiger partial charge in [0.1, 0.15) is 11.0 Å². The predicted molar refractivity (Wildman–Crippen MR) is 72.0 cm³/mol. The van der Waals surface area contributed by atoms with E-state index in [0.717, 1.165) is 0 Å². The minimum Gasteiger partial charge on any atom is -0.369 e. The molecule has 0 amide bonds. The maximum atomic E-state index is 5.77. The van der Waals surface area contributed by atoms with Crippen LogP contribution in [-0.4, -0.2) is 26.7 Å². The SMILES string of the molecule is CC(C)c1noc(CCNc2cc(Cl)nc(N)n2)n1. The highest BCUT2D eigenvalue weighted by molar-refractivity contribution is 6.29. The van der Waals surface area contributed by atoms with E-state index in [1.807, 2.05) is 13.8 Å². The number of nitrogens with one attached hydrogen (secondary N) is 1. The van der Waals surface area contributed by atoms with Gasteiger partial charge in [-0.1, -0.05) is 30.6 Å². The van der Waals surface area contributed by atoms with Crippen LogP contribution in [0.1, 0.15) is 31.5 Å². The maximum Gasteiger partial charge on any atom is 0.228 e. The summed E-state index contributed by atoms with van der Waals surface area (Å²) >= 11 is 5.77. The summed E-state index contributed by atoms with van der Waals surface area (Å²) in [7, 11) is 0. The normalized spacial score (nSPS) is 10.9. The molecule has 0 bridgehead atoms. The Morgan fingerprint density at radius 2 is 2.16 bits per heavy atom. The summed E-state index contributed by atoms with van der Waals surface area (Å²) in [4.78, 5) is 12.1. The first kappa shape index (κ1) is 13.5. The summed E-state index contributed by atoms with van der Waals surface area (Å²) in [5, 5.41) is 7.26. The summed E-state index contributed by atoms with van der Waals surface area (Å²) in [5.41, 5.74) is 5.49. The van der Waals surface area contributed by atoms with Gasteiger partial charge in [0.2, 0.25) is 11.8 Å². The first-order valence-corrected chi connectivity index (χ1v) is 6.29. The highest BCUT2D eigenvalue weighted by Gasteiger charge is 2.09. The van der Waals surface area contributed by atoms with Crippen LogP contribution in [0.25, 0.3) is 0 Å². The summed E-state index contributed by atoms with van der Waals surface area (Å²) in [6.07, 6.45) is 0.598. The van der Waals surface area contributed by atoms with Crippen LogP contribution in [0.3, 0.4) is 0 Å². The van der Waals surface area contributed by atoms with Crippen LogP contribution in [0.5, 0.6) is 0 Å². The van der Waals surface area contributed by atoms with E-state index in [-0.39, 0.29) is 11.9 Å². The fraction of sp³-hybridized carbons (Fsp3) is 0.455. The van der Waals surface area contributed by atoms with Gasteiger partial charge < -0.3 is 15.6 Å². The molecule has 0 aliphatic rings. The zero-order valence-electron chi connectivity index (χ0n) is 10.7. The van der Waals surface area contributed by atoms with Gasteiger partial charge in [0.05, 0.1) is 0 Å². The average molecular weight is 283 g/mol. The lowest BCUT2D eigenvalue weighted by atomic mass is 10.2. The highest BCUT2D eigenvalue weighted by Crippen LogP contribution is 2.13. The van der Waals surface area contributed by atoms with Gasteiger partial charge in [-0.2, -0.15) is 9.97 Å². The third-order valence-corrected chi connectivity index (χ3v) is 2.55. The van der Waals surface area contributed by atoms with Crippen LogP contribution in [0.2, 0.25) is 5.15 Å². The lowest BCUT2D eigenvalue weighted by molar-refractivity contribution is 0.373. The van der Waals surface area contributed by atoms with E-state index in [4.69, 9.17) is 21.9 Å². The van der Waals surface area contributed by atoms with Crippen molar-refractivity contribution < 1.29 is 4.52 Å². The number of rotatable bonds is 5. The predicted octanol–water partition coefficient (Wildman–Crippen LogP) is 1.87. The zero-order chi connectivity index (χ0) is 13.8. The Morgan fingerprint density at radius 3 is 2.79 bits per heavy atom. The second kappa shape index (κ2) is 5.83. The number of nitrogen functional groups attached to an aromatic ring is 1. The van der Waals surface area contributed by atoms with Crippen LogP contribution in [0, 0.1) is 0 Å². The van der Waals surface area contributed by atoms with Crippen molar-refractivity contribution in [3.63, 3.8) is 0 Å². The Labute approximate surface area is 115 Å². The molecule has 0 unspecified atom stereocenters. The summed E-state index contributed by atoms with van der Waals surface area (Å²) < 4.78 is 5.13. The van der Waals surface area contributed by atoms with Crippen molar-refractivity contribution in [3.05, 3.63) is 22.9 Å². The Morgan fingerprint density at radius 1 is 1.37 bits per heavy atom. The second-order valence-electron chi connectivity index (χ2n) is 4.31. The molecule has 8 heteroatoms. The number of anilines is 2. The molecule has 2 aromatic heterocycles. The van der Waals surface area contributed by atoms with Crippen LogP contribution in [0.4, 0.5) is 11.8 Å². The van der Waals surface area contributed by atoms with Crippen LogP contribution < -0.4 is 11.1 Å². The van der Waals surface area contributed by atoms with E-state index >= 15 is 0 Å². The number of hydrogen-bond acceptors (Lipinski definition) is 7. The molecule has 7 nitrogen and oxygen atoms in total. The van der Waals surface area contributed by atoms with Crippen molar-refractivity contribution >= 4 is 23.4 Å². The van der Waals surface area contributed by atoms with Gasteiger partial charge in [0, 0.05) is 24.9 Å². The van der Waals surface area contributed by atoms with Gasteiger partial charge in [-0.25, -0.2) is 4.98 Å². The van der Waals surface area contributed by atoms with Crippen LogP contribution in [-0.2, 0) is 6.42 Å². The van der Waals surface area contributed by atoms with Gasteiger partial charge in [-0.15, -0.1) is 0 Å². The molecule has 0 saturated carbocycles. The van der Waals surface area contributed by atoms with Gasteiger partial charge in [-0.3, -0.25) is 0 Å². The van der Waals surface area contributed by atoms with Crippen molar-refractivity contribution in [1.82, 2.24) is 20.1 Å². The van der Waals surface area contributed by atoms with Crippen molar-refractivity contribution in [2.75, 3.05) is 17.6 Å². The van der Waals surface area contributed by atoms with Crippen LogP contribution in [0.15, 0.2) is 10.6 Å². The molecule has 2 aromatic rings. The Kier molecular flexibility index (Phi) is 4.16. The molecule has 3 N–H and O–H groups in total. The van der Waals surface area contributed by atoms with Crippen molar-refractivity contribution in [2.24, 2.45) is 0 Å². The van der Waals surface area contributed by atoms with Crippen molar-refractivity contribution in [1.29, 1.82) is 0 Å². The molecule has 0 radical (unpaired) electrons. The first-order valence-electron chi connectivity index (χ1n) is 5.91. The quantitative estimate of drug-likeness (QED) is 0.807. The first-order chi connectivity index (χ1) is 9.04. The lowest BCUT2D eigenvalue weighted by Crippen LogP contribution is -2.08. The molecule has 2 rings (SSSR count). The lowest BCUT2D eigenvalue weighted by Gasteiger charge is -2.04. The monoisotopic (exact) mass is 282 g/mol. The van der Waals surface area contributed by atoms with Gasteiger partial charge in [0.15, 0.2) is 5.82 Å². The topological polar surface area (TPSA) is 103 Å². The number of aromatic nitrogens is 4. The fourth-order valence-electron chi connectivity index (χ4n) is 1.43. The maximum absolute atomic E-state index is 5.77. The molecule has 0 saturated heterocycles. The highest BCUT2D eigenvalue weighted by atomic mass is 35.5. The molecular weight excluding hydrogens is 268 g/mol. The standard InChI is InChI=1S/C11H15ClN6O/c1-6(2)10-17-9(19-18-10)3-4-14-8-5-7(12)15-11(13)16-8/h5-6H,3-4H2,1-2H3,(H3,13,14,15,16). The van der Waals surface area contributed by atoms with Gasteiger partial charge >= 0.3 is 0 Å². The smallest absolute Gasteiger partial charge is 0.228 e. The Hall–Kier alpha value is -1.89. The van der Waals surface area contributed by atoms with Crippen molar-refractivity contribution in [2.45, 2.75) is 26.2 Å². The zero-order valence-corrected chi connectivity index (χ0v) is 11.5. The van der Waals surface area contributed by atoms with Crippen molar-refractivity contribution in [3.8, 4) is 0 Å². The molecular formula is C11H15ClN6O. The largest absolute Gasteiger partial charge is 0.369 e. The van der Waals surface area contributed by atoms with Crippen LogP contribution >= 0.6 is 11.6 Å². The third-order valence-electron chi connectivity index (χ3n) is 2.36. The molecule has 0 spiro atoms. The van der Waals surface area contributed by atoms with E-state index < -0.39 is 0 Å². The van der Waals surface area contributed by atoms with E-state index in [0.29, 0.717) is 35.7 Å². The van der Waals surface area contributed by atoms with E-state index in [2.05, 4.69) is 25.4 Å².